The van der Waals surface area contributed by atoms with Gasteiger partial charge in [0.05, 0.1) is 5.41 Å². The van der Waals surface area contributed by atoms with Crippen LogP contribution in [0.25, 0.3) is 10.8 Å². The summed E-state index contributed by atoms with van der Waals surface area (Å²) >= 11 is 0. The van der Waals surface area contributed by atoms with Crippen LogP contribution in [0.15, 0.2) is 91.0 Å². The number of hydrogen-bond donors (Lipinski definition) is 0. The topological polar surface area (TPSA) is 60.4 Å². The highest BCUT2D eigenvalue weighted by Gasteiger charge is 2.87. The summed E-state index contributed by atoms with van der Waals surface area (Å²) in [6.45, 7) is 3.70. The van der Waals surface area contributed by atoms with Crippen molar-refractivity contribution in [1.82, 2.24) is 0 Å². The van der Waals surface area contributed by atoms with E-state index in [0.717, 1.165) is 21.9 Å². The molecule has 4 nitrogen and oxygen atoms in total. The zero-order valence-corrected chi connectivity index (χ0v) is 18.9. The number of ether oxygens (including phenoxy) is 1. The predicted molar refractivity (Wildman–Crippen MR) is 129 cm³/mol. The molecule has 34 heavy (non-hydrogen) atoms. The Morgan fingerprint density at radius 2 is 1.41 bits per heavy atom. The minimum atomic E-state index is -1.62. The first-order valence-electron chi connectivity index (χ1n) is 11.4. The Balaban J connectivity index is 1.63. The summed E-state index contributed by atoms with van der Waals surface area (Å²) in [5.74, 6) is -1.45. The number of Topliss-reactive ketones (excluding diaryl/α,β-unsaturated/α-hetero) is 2. The van der Waals surface area contributed by atoms with Crippen molar-refractivity contribution < 1.29 is 19.1 Å². The van der Waals surface area contributed by atoms with Gasteiger partial charge in [-0.05, 0) is 23.8 Å². The Morgan fingerprint density at radius 3 is 2.15 bits per heavy atom. The van der Waals surface area contributed by atoms with Gasteiger partial charge in [-0.25, -0.2) is 0 Å². The molecule has 0 aromatic heterocycles. The molecule has 3 atom stereocenters. The van der Waals surface area contributed by atoms with E-state index < -0.39 is 22.7 Å². The van der Waals surface area contributed by atoms with Crippen LogP contribution >= 0.6 is 0 Å². The Hall–Kier alpha value is -4.05. The molecule has 166 valence electrons. The average Bonchev–Trinajstić information content (AvgIpc) is 3.46. The number of aryl methyl sites for hydroxylation is 1. The first-order chi connectivity index (χ1) is 16.4. The predicted octanol–water partition coefficient (Wildman–Crippen LogP) is 5.92. The van der Waals surface area contributed by atoms with E-state index in [9.17, 15) is 14.4 Å². The average molecular weight is 447 g/mol. The van der Waals surface area contributed by atoms with E-state index in [1.807, 2.05) is 55.5 Å². The zero-order chi connectivity index (χ0) is 23.7. The highest BCUT2D eigenvalue weighted by Crippen LogP contribution is 2.79. The summed E-state index contributed by atoms with van der Waals surface area (Å²) < 4.78 is 5.83. The van der Waals surface area contributed by atoms with E-state index in [0.29, 0.717) is 16.9 Å². The summed E-state index contributed by atoms with van der Waals surface area (Å²) in [5.41, 5.74) is -0.230. The van der Waals surface area contributed by atoms with Gasteiger partial charge < -0.3 is 4.74 Å². The van der Waals surface area contributed by atoms with Crippen molar-refractivity contribution in [2.24, 2.45) is 10.8 Å². The molecule has 0 amide bonds. The van der Waals surface area contributed by atoms with E-state index in [4.69, 9.17) is 4.74 Å². The first kappa shape index (κ1) is 20.5. The molecule has 1 aliphatic heterocycles. The van der Waals surface area contributed by atoms with Gasteiger partial charge in [0.25, 0.3) is 0 Å². The van der Waals surface area contributed by atoms with Crippen molar-refractivity contribution in [3.05, 3.63) is 113 Å². The Bertz CT molecular complexity index is 1500. The minimum Gasteiger partial charge on any atom is -0.425 e. The van der Waals surface area contributed by atoms with Crippen molar-refractivity contribution in [2.75, 3.05) is 0 Å². The number of benzene rings is 4. The second kappa shape index (κ2) is 6.97. The number of ketones is 2. The molecular weight excluding hydrogens is 424 g/mol. The van der Waals surface area contributed by atoms with Gasteiger partial charge in [-0.15, -0.1) is 0 Å². The molecule has 0 unspecified atom stereocenters. The molecule has 0 spiro atoms. The first-order valence-corrected chi connectivity index (χ1v) is 11.4. The van der Waals surface area contributed by atoms with Crippen LogP contribution in [0.3, 0.4) is 0 Å². The van der Waals surface area contributed by atoms with Crippen LogP contribution in [0.5, 0.6) is 5.75 Å². The van der Waals surface area contributed by atoms with Crippen molar-refractivity contribution in [3.63, 3.8) is 0 Å². The fraction of sp³-hybridized carbons (Fsp3) is 0.167. The lowest BCUT2D eigenvalue weighted by Gasteiger charge is -2.24. The molecule has 1 aliphatic carbocycles. The van der Waals surface area contributed by atoms with Gasteiger partial charge in [0.1, 0.15) is 5.75 Å². The van der Waals surface area contributed by atoms with Gasteiger partial charge in [-0.3, -0.25) is 14.4 Å². The highest BCUT2D eigenvalue weighted by molar-refractivity contribution is 6.26. The molecule has 4 aromatic rings. The van der Waals surface area contributed by atoms with Crippen molar-refractivity contribution in [2.45, 2.75) is 19.8 Å². The summed E-state index contributed by atoms with van der Waals surface area (Å²) in [6, 6.07) is 27.5. The third-order valence-corrected chi connectivity index (χ3v) is 7.67. The van der Waals surface area contributed by atoms with E-state index in [2.05, 4.69) is 0 Å². The summed E-state index contributed by atoms with van der Waals surface area (Å²) in [4.78, 5) is 41.8. The van der Waals surface area contributed by atoms with Crippen molar-refractivity contribution in [3.8, 4) is 5.75 Å². The second-order valence-electron chi connectivity index (χ2n) is 9.42. The fourth-order valence-corrected chi connectivity index (χ4v) is 5.89. The molecular formula is C30H22O4. The summed E-state index contributed by atoms with van der Waals surface area (Å²) in [6.07, 6.45) is 0. The van der Waals surface area contributed by atoms with Crippen LogP contribution < -0.4 is 4.74 Å². The smallest absolute Gasteiger partial charge is 0.327 e. The van der Waals surface area contributed by atoms with E-state index in [1.54, 1.807) is 49.4 Å². The van der Waals surface area contributed by atoms with E-state index in [-0.39, 0.29) is 11.6 Å². The van der Waals surface area contributed by atoms with Gasteiger partial charge >= 0.3 is 5.97 Å². The quantitative estimate of drug-likeness (QED) is 0.169. The maximum Gasteiger partial charge on any atom is 0.327 e. The molecule has 1 saturated carbocycles. The number of carbonyl (C=O) groups is 3. The number of fused-ring (bicyclic) bond motifs is 5. The van der Waals surface area contributed by atoms with Gasteiger partial charge in [0.15, 0.2) is 17.0 Å². The Labute approximate surface area is 197 Å². The molecule has 2 aliphatic rings. The lowest BCUT2D eigenvalue weighted by Crippen LogP contribution is -2.39. The molecule has 0 radical (unpaired) electrons. The third kappa shape index (κ3) is 2.45. The zero-order valence-electron chi connectivity index (χ0n) is 18.9. The highest BCUT2D eigenvalue weighted by atomic mass is 16.5. The van der Waals surface area contributed by atoms with E-state index in [1.165, 1.54) is 0 Å². The number of carbonyl (C=O) groups excluding carboxylic acids is 3. The monoisotopic (exact) mass is 446 g/mol. The second-order valence-corrected chi connectivity index (χ2v) is 9.42. The number of hydrogen-bond acceptors (Lipinski definition) is 4. The molecule has 0 N–H and O–H groups in total. The van der Waals surface area contributed by atoms with Crippen molar-refractivity contribution in [1.29, 1.82) is 0 Å². The van der Waals surface area contributed by atoms with Crippen LogP contribution in [0.2, 0.25) is 0 Å². The van der Waals surface area contributed by atoms with Gasteiger partial charge in [0.2, 0.25) is 0 Å². The summed E-state index contributed by atoms with van der Waals surface area (Å²) in [7, 11) is 0. The van der Waals surface area contributed by atoms with Gasteiger partial charge in [-0.1, -0.05) is 97.4 Å². The molecule has 0 saturated heterocycles. The molecule has 4 heteroatoms. The molecule has 4 aromatic carbocycles. The Morgan fingerprint density at radius 1 is 0.765 bits per heavy atom. The molecule has 6 rings (SSSR count). The Kier molecular flexibility index (Phi) is 4.21. The molecule has 1 heterocycles. The maximum absolute atomic E-state index is 14.1. The van der Waals surface area contributed by atoms with Crippen LogP contribution in [-0.4, -0.2) is 17.5 Å². The van der Waals surface area contributed by atoms with Crippen LogP contribution in [0.4, 0.5) is 0 Å². The standard InChI is InChI=1S/C30H22O4/c1-18-12-14-21(15-13-18)26(31)29(2)25-24-22-11-7-6-8-19(22)16-17-23(24)34-28(33)30(25,29)27(32)20-9-4-3-5-10-20/h3-17,25H,1-2H3/t25-,29-,30+/m0/s1. The van der Waals surface area contributed by atoms with Crippen molar-refractivity contribution >= 4 is 28.3 Å². The fourth-order valence-electron chi connectivity index (χ4n) is 5.89. The summed E-state index contributed by atoms with van der Waals surface area (Å²) in [5, 5.41) is 1.86. The largest absolute Gasteiger partial charge is 0.425 e. The lowest BCUT2D eigenvalue weighted by molar-refractivity contribution is -0.140. The molecule has 0 bridgehead atoms. The number of rotatable bonds is 4. The van der Waals surface area contributed by atoms with Crippen LogP contribution in [-0.2, 0) is 4.79 Å². The normalized spacial score (nSPS) is 24.6. The molecule has 1 fully saturated rings. The number of esters is 1. The van der Waals surface area contributed by atoms with Crippen LogP contribution in [0.1, 0.15) is 44.7 Å². The third-order valence-electron chi connectivity index (χ3n) is 7.67. The van der Waals surface area contributed by atoms with Gasteiger partial charge in [-0.2, -0.15) is 0 Å². The lowest BCUT2D eigenvalue weighted by atomic mass is 9.82. The minimum absolute atomic E-state index is 0.223. The van der Waals surface area contributed by atoms with Gasteiger partial charge in [0, 0.05) is 22.6 Å². The van der Waals surface area contributed by atoms with E-state index >= 15 is 0 Å². The SMILES string of the molecule is Cc1ccc(C(=O)[C@]2(C)[C@@H]3c4c(ccc5ccccc45)OC(=O)[C@]32C(=O)c2ccccc2)cc1. The maximum atomic E-state index is 14.1. The van der Waals surface area contributed by atoms with Crippen LogP contribution in [0, 0.1) is 17.8 Å².